The first kappa shape index (κ1) is 23.3. The minimum absolute atomic E-state index is 0.384. The van der Waals surface area contributed by atoms with Crippen LogP contribution in [0.5, 0.6) is 0 Å². The van der Waals surface area contributed by atoms with Crippen LogP contribution in [-0.2, 0) is 28.4 Å². The van der Waals surface area contributed by atoms with E-state index in [2.05, 4.69) is 25.7 Å². The maximum absolute atomic E-state index is 5.29. The molecule has 3 fully saturated rings. The third-order valence-corrected chi connectivity index (χ3v) is 3.39. The lowest BCUT2D eigenvalue weighted by atomic mass is 10.3. The Morgan fingerprint density at radius 2 is 1.31 bits per heavy atom. The zero-order valence-corrected chi connectivity index (χ0v) is 16.4. The summed E-state index contributed by atoms with van der Waals surface area (Å²) < 4.78 is 30.2. The fourth-order valence-corrected chi connectivity index (χ4v) is 1.65. The molecular formula is C20H36O6. The number of hydrogen-bond donors (Lipinski definition) is 0. The zero-order valence-electron chi connectivity index (χ0n) is 16.4. The van der Waals surface area contributed by atoms with Crippen molar-refractivity contribution in [3.63, 3.8) is 0 Å². The van der Waals surface area contributed by atoms with E-state index in [1.54, 1.807) is 6.08 Å². The Bertz CT molecular complexity index is 348. The number of allylic oxidation sites excluding steroid dienone is 1. The number of epoxide rings is 3. The number of rotatable bonds is 13. The fourth-order valence-electron chi connectivity index (χ4n) is 1.65. The summed E-state index contributed by atoms with van der Waals surface area (Å²) in [6.07, 6.45) is 9.55. The van der Waals surface area contributed by atoms with Crippen molar-refractivity contribution in [2.24, 2.45) is 0 Å². The molecule has 0 spiro atoms. The third-order valence-electron chi connectivity index (χ3n) is 3.39. The lowest BCUT2D eigenvalue weighted by Crippen LogP contribution is -2.00. The first-order chi connectivity index (χ1) is 12.8. The summed E-state index contributed by atoms with van der Waals surface area (Å²) >= 11 is 0. The van der Waals surface area contributed by atoms with Crippen molar-refractivity contribution in [2.75, 3.05) is 59.5 Å². The SMILES string of the molecule is C=CCOCC1CO1.CCC/C=C/COCC1CO1.CCOCC1CO1. The van der Waals surface area contributed by atoms with Crippen molar-refractivity contribution in [2.45, 2.75) is 45.0 Å². The van der Waals surface area contributed by atoms with Gasteiger partial charge in [0.25, 0.3) is 0 Å². The molecule has 0 bridgehead atoms. The molecule has 3 unspecified atom stereocenters. The maximum Gasteiger partial charge on any atom is 0.104 e. The van der Waals surface area contributed by atoms with Gasteiger partial charge in [0, 0.05) is 6.61 Å². The first-order valence-corrected chi connectivity index (χ1v) is 9.64. The Balaban J connectivity index is 0.000000201. The van der Waals surface area contributed by atoms with Crippen molar-refractivity contribution >= 4 is 0 Å². The Morgan fingerprint density at radius 3 is 1.73 bits per heavy atom. The van der Waals surface area contributed by atoms with Crippen LogP contribution in [0, 0.1) is 0 Å². The van der Waals surface area contributed by atoms with E-state index >= 15 is 0 Å². The highest BCUT2D eigenvalue weighted by Crippen LogP contribution is 2.09. The number of hydrogen-bond acceptors (Lipinski definition) is 6. The monoisotopic (exact) mass is 372 g/mol. The van der Waals surface area contributed by atoms with Gasteiger partial charge in [0.15, 0.2) is 0 Å². The minimum Gasteiger partial charge on any atom is -0.379 e. The van der Waals surface area contributed by atoms with Crippen LogP contribution in [0.3, 0.4) is 0 Å². The molecule has 0 saturated carbocycles. The average molecular weight is 373 g/mol. The molecule has 3 atom stereocenters. The Labute approximate surface area is 158 Å². The highest BCUT2D eigenvalue weighted by atomic mass is 16.6. The predicted octanol–water partition coefficient (Wildman–Crippen LogP) is 2.77. The van der Waals surface area contributed by atoms with E-state index in [0.717, 1.165) is 59.3 Å². The van der Waals surface area contributed by atoms with Crippen LogP contribution in [0.25, 0.3) is 0 Å². The van der Waals surface area contributed by atoms with Crippen molar-refractivity contribution in [1.29, 1.82) is 0 Å². The fraction of sp³-hybridized carbons (Fsp3) is 0.800. The smallest absolute Gasteiger partial charge is 0.104 e. The predicted molar refractivity (Wildman–Crippen MR) is 102 cm³/mol. The molecule has 0 amide bonds. The quantitative estimate of drug-likeness (QED) is 0.281. The van der Waals surface area contributed by atoms with Crippen LogP contribution in [0.1, 0.15) is 26.7 Å². The average Bonchev–Trinajstić information content (AvgIpc) is 3.49. The van der Waals surface area contributed by atoms with Gasteiger partial charge >= 0.3 is 0 Å². The van der Waals surface area contributed by atoms with Crippen LogP contribution in [-0.4, -0.2) is 77.8 Å². The molecule has 0 aromatic carbocycles. The van der Waals surface area contributed by atoms with Crippen molar-refractivity contribution in [1.82, 2.24) is 0 Å². The topological polar surface area (TPSA) is 65.3 Å². The highest BCUT2D eigenvalue weighted by Gasteiger charge is 2.22. The summed E-state index contributed by atoms with van der Waals surface area (Å²) in [6, 6.07) is 0. The maximum atomic E-state index is 5.29. The lowest BCUT2D eigenvalue weighted by molar-refractivity contribution is 0.128. The molecule has 3 aliphatic rings. The van der Waals surface area contributed by atoms with Crippen LogP contribution in [0.15, 0.2) is 24.8 Å². The van der Waals surface area contributed by atoms with Gasteiger partial charge in [0.05, 0.1) is 52.9 Å². The third kappa shape index (κ3) is 18.0. The van der Waals surface area contributed by atoms with Gasteiger partial charge in [-0.1, -0.05) is 31.6 Å². The summed E-state index contributed by atoms with van der Waals surface area (Å²) in [7, 11) is 0. The molecule has 3 aliphatic heterocycles. The van der Waals surface area contributed by atoms with Crippen LogP contribution < -0.4 is 0 Å². The molecule has 0 aliphatic carbocycles. The molecule has 6 nitrogen and oxygen atoms in total. The van der Waals surface area contributed by atoms with Crippen molar-refractivity contribution in [3.05, 3.63) is 24.8 Å². The molecule has 26 heavy (non-hydrogen) atoms. The molecule has 0 N–H and O–H groups in total. The van der Waals surface area contributed by atoms with Crippen molar-refractivity contribution < 1.29 is 28.4 Å². The van der Waals surface area contributed by atoms with Gasteiger partial charge in [-0.25, -0.2) is 0 Å². The van der Waals surface area contributed by atoms with Gasteiger partial charge in [-0.05, 0) is 13.3 Å². The van der Waals surface area contributed by atoms with Crippen LogP contribution in [0.2, 0.25) is 0 Å². The van der Waals surface area contributed by atoms with Crippen LogP contribution >= 0.6 is 0 Å². The number of ether oxygens (including phenoxy) is 6. The van der Waals surface area contributed by atoms with Crippen molar-refractivity contribution in [3.8, 4) is 0 Å². The molecule has 0 aromatic rings. The second-order valence-electron chi connectivity index (χ2n) is 6.15. The Morgan fingerprint density at radius 1 is 0.808 bits per heavy atom. The summed E-state index contributed by atoms with van der Waals surface area (Å²) in [4.78, 5) is 0. The largest absolute Gasteiger partial charge is 0.379 e. The van der Waals surface area contributed by atoms with E-state index in [1.807, 2.05) is 6.92 Å². The van der Waals surface area contributed by atoms with Gasteiger partial charge < -0.3 is 28.4 Å². The van der Waals surface area contributed by atoms with E-state index in [-0.39, 0.29) is 0 Å². The van der Waals surface area contributed by atoms with E-state index < -0.39 is 0 Å². The Kier molecular flexibility index (Phi) is 14.7. The van der Waals surface area contributed by atoms with Gasteiger partial charge in [0.1, 0.15) is 18.3 Å². The molecule has 6 heteroatoms. The molecule has 152 valence electrons. The van der Waals surface area contributed by atoms with E-state index in [9.17, 15) is 0 Å². The van der Waals surface area contributed by atoms with Gasteiger partial charge in [0.2, 0.25) is 0 Å². The van der Waals surface area contributed by atoms with E-state index in [0.29, 0.717) is 24.9 Å². The van der Waals surface area contributed by atoms with E-state index in [4.69, 9.17) is 28.4 Å². The van der Waals surface area contributed by atoms with Gasteiger partial charge in [-0.3, -0.25) is 0 Å². The molecule has 0 radical (unpaired) electrons. The second kappa shape index (κ2) is 16.4. The summed E-state index contributed by atoms with van der Waals surface area (Å²) in [5.41, 5.74) is 0. The lowest BCUT2D eigenvalue weighted by Gasteiger charge is -1.94. The molecule has 3 rings (SSSR count). The first-order valence-electron chi connectivity index (χ1n) is 9.64. The molecule has 3 saturated heterocycles. The standard InChI is InChI=1S/C9H16O2.C6H10O2.C5H10O2/c1-2-3-4-5-6-10-7-9-8-11-9;1-2-3-7-4-6-5-8-6;1-2-6-3-5-4-7-5/h4-5,9H,2-3,6-8H2,1H3;2,6H,1,3-5H2;5H,2-4H2,1H3/b5-4+;;. The van der Waals surface area contributed by atoms with Gasteiger partial charge in [-0.15, -0.1) is 6.58 Å². The minimum atomic E-state index is 0.384. The Hall–Kier alpha value is -0.760. The summed E-state index contributed by atoms with van der Waals surface area (Å²) in [5, 5.41) is 0. The number of unbranched alkanes of at least 4 members (excludes halogenated alkanes) is 1. The van der Waals surface area contributed by atoms with E-state index in [1.165, 1.54) is 6.42 Å². The zero-order chi connectivity index (χ0) is 18.9. The summed E-state index contributed by atoms with van der Waals surface area (Å²) in [6.45, 7) is 14.8. The molecule has 0 aromatic heterocycles. The second-order valence-corrected chi connectivity index (χ2v) is 6.15. The highest BCUT2D eigenvalue weighted by molar-refractivity contribution is 4.81. The normalized spacial score (nSPS) is 24.9. The van der Waals surface area contributed by atoms with Gasteiger partial charge in [-0.2, -0.15) is 0 Å². The summed E-state index contributed by atoms with van der Waals surface area (Å²) in [5.74, 6) is 0. The molecule has 3 heterocycles. The van der Waals surface area contributed by atoms with Crippen LogP contribution in [0.4, 0.5) is 0 Å². The molecular weight excluding hydrogens is 336 g/mol.